The van der Waals surface area contributed by atoms with Crippen molar-refractivity contribution >= 4 is 0 Å². The van der Waals surface area contributed by atoms with Gasteiger partial charge >= 0.3 is 0 Å². The van der Waals surface area contributed by atoms with Crippen LogP contribution in [0.25, 0.3) is 0 Å². The van der Waals surface area contributed by atoms with Crippen LogP contribution in [0.5, 0.6) is 0 Å². The van der Waals surface area contributed by atoms with Gasteiger partial charge in [-0.3, -0.25) is 0 Å². The van der Waals surface area contributed by atoms with E-state index in [9.17, 15) is 4.39 Å². The summed E-state index contributed by atoms with van der Waals surface area (Å²) in [6.45, 7) is 3.01. The number of halogens is 1. The minimum atomic E-state index is -1.18. The zero-order valence-electron chi connectivity index (χ0n) is 6.00. The number of hydrogen-bond acceptors (Lipinski definition) is 1. The fraction of sp³-hybridized carbons (Fsp3) is 0.111. The largest absolute Gasteiger partial charge is 0.381 e. The van der Waals surface area contributed by atoms with E-state index in [4.69, 9.17) is 5.11 Å². The van der Waals surface area contributed by atoms with Crippen molar-refractivity contribution in [1.29, 1.82) is 0 Å². The molecule has 0 heterocycles. The SMILES string of the molecule is C=C(F)C(O)c1ccccc1. The molecule has 0 aliphatic heterocycles. The summed E-state index contributed by atoms with van der Waals surface area (Å²) in [5, 5.41) is 9.12. The van der Waals surface area contributed by atoms with E-state index < -0.39 is 11.9 Å². The molecule has 0 aromatic heterocycles. The Morgan fingerprint density at radius 2 is 1.91 bits per heavy atom. The molecular formula is C9H9FO. The Bertz CT molecular complexity index is 243. The summed E-state index contributed by atoms with van der Waals surface area (Å²) in [4.78, 5) is 0. The first-order valence-corrected chi connectivity index (χ1v) is 3.29. The van der Waals surface area contributed by atoms with E-state index in [1.54, 1.807) is 30.3 Å². The summed E-state index contributed by atoms with van der Waals surface area (Å²) >= 11 is 0. The molecule has 0 radical (unpaired) electrons. The van der Waals surface area contributed by atoms with Gasteiger partial charge < -0.3 is 5.11 Å². The fourth-order valence-electron chi connectivity index (χ4n) is 0.816. The molecule has 1 atom stereocenters. The third-order valence-electron chi connectivity index (χ3n) is 1.41. The Kier molecular flexibility index (Phi) is 2.39. The van der Waals surface area contributed by atoms with Gasteiger partial charge in [0.2, 0.25) is 0 Å². The molecule has 1 aromatic carbocycles. The molecule has 1 unspecified atom stereocenters. The summed E-state index contributed by atoms with van der Waals surface area (Å²) in [5.41, 5.74) is 0.528. The van der Waals surface area contributed by atoms with Crippen LogP contribution in [-0.2, 0) is 0 Å². The minimum Gasteiger partial charge on any atom is -0.381 e. The van der Waals surface area contributed by atoms with E-state index in [0.29, 0.717) is 5.56 Å². The van der Waals surface area contributed by atoms with Gasteiger partial charge in [-0.1, -0.05) is 36.9 Å². The van der Waals surface area contributed by atoms with Crippen LogP contribution in [-0.4, -0.2) is 5.11 Å². The zero-order valence-corrected chi connectivity index (χ0v) is 6.00. The summed E-state index contributed by atoms with van der Waals surface area (Å²) < 4.78 is 12.3. The predicted octanol–water partition coefficient (Wildman–Crippen LogP) is 2.20. The van der Waals surface area contributed by atoms with Gasteiger partial charge in [0.15, 0.2) is 0 Å². The predicted molar refractivity (Wildman–Crippen MR) is 41.6 cm³/mol. The maximum Gasteiger partial charge on any atom is 0.130 e. The average Bonchev–Trinajstić information content (AvgIpc) is 2.05. The molecule has 1 aromatic rings. The lowest BCUT2D eigenvalue weighted by Gasteiger charge is -2.05. The Hall–Kier alpha value is -1.15. The molecule has 1 rings (SSSR count). The quantitative estimate of drug-likeness (QED) is 0.688. The van der Waals surface area contributed by atoms with Crippen molar-refractivity contribution in [2.24, 2.45) is 0 Å². The normalized spacial score (nSPS) is 12.5. The van der Waals surface area contributed by atoms with Crippen molar-refractivity contribution < 1.29 is 9.50 Å². The molecule has 0 aliphatic rings. The molecule has 0 aliphatic carbocycles. The lowest BCUT2D eigenvalue weighted by atomic mass is 10.1. The Labute approximate surface area is 64.8 Å². The number of rotatable bonds is 2. The third-order valence-corrected chi connectivity index (χ3v) is 1.41. The fourth-order valence-corrected chi connectivity index (χ4v) is 0.816. The average molecular weight is 152 g/mol. The van der Waals surface area contributed by atoms with Crippen molar-refractivity contribution in [3.05, 3.63) is 48.3 Å². The lowest BCUT2D eigenvalue weighted by Crippen LogP contribution is -1.95. The third kappa shape index (κ3) is 1.88. The van der Waals surface area contributed by atoms with Gasteiger partial charge in [0.05, 0.1) is 0 Å². The van der Waals surface area contributed by atoms with Gasteiger partial charge in [-0.2, -0.15) is 0 Å². The number of aliphatic hydroxyl groups is 1. The zero-order chi connectivity index (χ0) is 8.27. The van der Waals surface area contributed by atoms with Crippen molar-refractivity contribution in [2.75, 3.05) is 0 Å². The molecule has 1 N–H and O–H groups in total. The van der Waals surface area contributed by atoms with Crippen molar-refractivity contribution in [3.8, 4) is 0 Å². The van der Waals surface area contributed by atoms with Crippen LogP contribution in [0.3, 0.4) is 0 Å². The maximum absolute atomic E-state index is 12.3. The first-order chi connectivity index (χ1) is 5.22. The number of aliphatic hydroxyl groups excluding tert-OH is 1. The number of benzene rings is 1. The molecule has 0 saturated carbocycles. The van der Waals surface area contributed by atoms with Gasteiger partial charge in [0.25, 0.3) is 0 Å². The van der Waals surface area contributed by atoms with Crippen molar-refractivity contribution in [1.82, 2.24) is 0 Å². The maximum atomic E-state index is 12.3. The van der Waals surface area contributed by atoms with Crippen LogP contribution in [0, 0.1) is 0 Å². The topological polar surface area (TPSA) is 20.2 Å². The molecule has 0 fully saturated rings. The Morgan fingerprint density at radius 1 is 1.36 bits per heavy atom. The van der Waals surface area contributed by atoms with E-state index in [0.717, 1.165) is 0 Å². The lowest BCUT2D eigenvalue weighted by molar-refractivity contribution is 0.187. The molecular weight excluding hydrogens is 143 g/mol. The Balaban J connectivity index is 2.85. The van der Waals surface area contributed by atoms with Crippen LogP contribution in [0.15, 0.2) is 42.7 Å². The highest BCUT2D eigenvalue weighted by molar-refractivity contribution is 5.21. The number of hydrogen-bond donors (Lipinski definition) is 1. The smallest absolute Gasteiger partial charge is 0.130 e. The van der Waals surface area contributed by atoms with E-state index >= 15 is 0 Å². The standard InChI is InChI=1S/C9H9FO/c1-7(10)9(11)8-5-3-2-4-6-8/h2-6,9,11H,1H2. The summed E-state index contributed by atoms with van der Waals surface area (Å²) in [6.07, 6.45) is -1.18. The molecule has 0 bridgehead atoms. The van der Waals surface area contributed by atoms with Crippen LogP contribution in [0.1, 0.15) is 11.7 Å². The first kappa shape index (κ1) is 7.95. The van der Waals surface area contributed by atoms with Gasteiger partial charge in [-0.05, 0) is 5.56 Å². The van der Waals surface area contributed by atoms with E-state index in [2.05, 4.69) is 6.58 Å². The highest BCUT2D eigenvalue weighted by Gasteiger charge is 2.08. The molecule has 0 saturated heterocycles. The molecule has 0 spiro atoms. The highest BCUT2D eigenvalue weighted by Crippen LogP contribution is 2.19. The van der Waals surface area contributed by atoms with Crippen LogP contribution < -0.4 is 0 Å². The molecule has 11 heavy (non-hydrogen) atoms. The van der Waals surface area contributed by atoms with Crippen LogP contribution in [0.2, 0.25) is 0 Å². The summed E-state index contributed by atoms with van der Waals surface area (Å²) in [7, 11) is 0. The van der Waals surface area contributed by atoms with Crippen molar-refractivity contribution in [2.45, 2.75) is 6.10 Å². The molecule has 1 nitrogen and oxygen atoms in total. The molecule has 58 valence electrons. The van der Waals surface area contributed by atoms with Gasteiger partial charge in [-0.25, -0.2) is 4.39 Å². The van der Waals surface area contributed by atoms with Gasteiger partial charge in [0.1, 0.15) is 11.9 Å². The second kappa shape index (κ2) is 3.30. The van der Waals surface area contributed by atoms with Crippen molar-refractivity contribution in [3.63, 3.8) is 0 Å². The summed E-state index contributed by atoms with van der Waals surface area (Å²) in [5.74, 6) is -0.726. The molecule has 0 amide bonds. The van der Waals surface area contributed by atoms with Crippen LogP contribution >= 0.6 is 0 Å². The van der Waals surface area contributed by atoms with Gasteiger partial charge in [0, 0.05) is 0 Å². The molecule has 2 heteroatoms. The second-order valence-corrected chi connectivity index (χ2v) is 2.26. The Morgan fingerprint density at radius 3 is 2.36 bits per heavy atom. The first-order valence-electron chi connectivity index (χ1n) is 3.29. The van der Waals surface area contributed by atoms with E-state index in [-0.39, 0.29) is 0 Å². The highest BCUT2D eigenvalue weighted by atomic mass is 19.1. The monoisotopic (exact) mass is 152 g/mol. The second-order valence-electron chi connectivity index (χ2n) is 2.26. The van der Waals surface area contributed by atoms with E-state index in [1.165, 1.54) is 0 Å². The summed E-state index contributed by atoms with van der Waals surface area (Å²) in [6, 6.07) is 8.57. The van der Waals surface area contributed by atoms with E-state index in [1.807, 2.05) is 0 Å². The minimum absolute atomic E-state index is 0.528. The van der Waals surface area contributed by atoms with Gasteiger partial charge in [-0.15, -0.1) is 0 Å². The van der Waals surface area contributed by atoms with Crippen LogP contribution in [0.4, 0.5) is 4.39 Å².